The van der Waals surface area contributed by atoms with Crippen LogP contribution in [0.5, 0.6) is 0 Å². The number of rotatable bonds is 6. The maximum Gasteiger partial charge on any atom is 0.338 e. The summed E-state index contributed by atoms with van der Waals surface area (Å²) in [6, 6.07) is 7.80. The predicted molar refractivity (Wildman–Crippen MR) is 81.6 cm³/mol. The average molecular weight is 325 g/mol. The highest BCUT2D eigenvalue weighted by atomic mass is 32.2. The van der Waals surface area contributed by atoms with Crippen LogP contribution in [0.2, 0.25) is 0 Å². The van der Waals surface area contributed by atoms with Crippen molar-refractivity contribution in [3.63, 3.8) is 0 Å². The number of thioether (sulfide) groups is 1. The quantitative estimate of drug-likeness (QED) is 0.795. The summed E-state index contributed by atoms with van der Waals surface area (Å²) < 4.78 is 13.4. The Hall–Kier alpha value is -1.86. The van der Waals surface area contributed by atoms with E-state index < -0.39 is 5.97 Å². The van der Waals surface area contributed by atoms with Gasteiger partial charge in [0.25, 0.3) is 0 Å². The van der Waals surface area contributed by atoms with Crippen LogP contribution in [0.25, 0.3) is 0 Å². The van der Waals surface area contributed by atoms with E-state index in [2.05, 4.69) is 5.32 Å². The fraction of sp³-hybridized carbons (Fsp3) is 0.143. The van der Waals surface area contributed by atoms with E-state index in [0.717, 1.165) is 11.3 Å². The number of amides is 1. The summed E-state index contributed by atoms with van der Waals surface area (Å²) in [6.45, 7) is 0. The van der Waals surface area contributed by atoms with Crippen molar-refractivity contribution in [2.45, 2.75) is 11.3 Å². The van der Waals surface area contributed by atoms with E-state index in [-0.39, 0.29) is 23.7 Å². The van der Waals surface area contributed by atoms with Gasteiger partial charge in [0.05, 0.1) is 5.56 Å². The molecule has 2 N–H and O–H groups in total. The molecule has 2 aromatic rings. The van der Waals surface area contributed by atoms with Crippen LogP contribution < -0.4 is 5.32 Å². The highest BCUT2D eigenvalue weighted by Gasteiger charge is 2.13. The van der Waals surface area contributed by atoms with Crippen LogP contribution in [-0.4, -0.2) is 22.7 Å². The number of nitrogens with one attached hydrogen (secondary N) is 1. The number of hydrogen-bond donors (Lipinski definition) is 2. The third kappa shape index (κ3) is 4.30. The van der Waals surface area contributed by atoms with Gasteiger partial charge in [-0.25, -0.2) is 9.18 Å². The lowest BCUT2D eigenvalue weighted by Gasteiger charge is -2.05. The van der Waals surface area contributed by atoms with Gasteiger partial charge in [0.2, 0.25) is 5.91 Å². The number of carbonyl (C=O) groups is 2. The maximum absolute atomic E-state index is 13.4. The summed E-state index contributed by atoms with van der Waals surface area (Å²) in [4.78, 5) is 23.2. The van der Waals surface area contributed by atoms with Gasteiger partial charge in [-0.05, 0) is 23.6 Å². The zero-order valence-electron chi connectivity index (χ0n) is 10.8. The van der Waals surface area contributed by atoms with Gasteiger partial charge in [-0.2, -0.15) is 0 Å². The van der Waals surface area contributed by atoms with Crippen molar-refractivity contribution < 1.29 is 19.1 Å². The number of thiophene rings is 1. The van der Waals surface area contributed by atoms with Crippen molar-refractivity contribution in [2.75, 3.05) is 11.1 Å². The molecule has 1 aromatic carbocycles. The normalized spacial score (nSPS) is 10.3. The van der Waals surface area contributed by atoms with E-state index >= 15 is 0 Å². The standard InChI is InChI=1S/C14H12FNO3S2/c15-10-3-1-2-4-11(10)20-8-6-12(17)16-13-9(14(18)19)5-7-21-13/h1-5,7H,6,8H2,(H,16,17)(H,18,19). The molecule has 0 aliphatic heterocycles. The summed E-state index contributed by atoms with van der Waals surface area (Å²) in [7, 11) is 0. The van der Waals surface area contributed by atoms with Crippen LogP contribution in [0, 0.1) is 5.82 Å². The SMILES string of the molecule is O=C(CCSc1ccccc1F)Nc1sccc1C(=O)O. The number of carboxylic acids is 1. The Bertz CT molecular complexity index is 657. The van der Waals surface area contributed by atoms with Crippen molar-refractivity contribution in [1.82, 2.24) is 0 Å². The molecular weight excluding hydrogens is 313 g/mol. The van der Waals surface area contributed by atoms with Gasteiger partial charge in [0.1, 0.15) is 10.8 Å². The van der Waals surface area contributed by atoms with Crippen molar-refractivity contribution in [3.05, 3.63) is 47.1 Å². The first-order chi connectivity index (χ1) is 10.1. The predicted octanol–water partition coefficient (Wildman–Crippen LogP) is 3.71. The second-order valence-electron chi connectivity index (χ2n) is 4.05. The first kappa shape index (κ1) is 15.5. The molecule has 0 aliphatic rings. The third-order valence-corrected chi connectivity index (χ3v) is 4.45. The molecule has 21 heavy (non-hydrogen) atoms. The maximum atomic E-state index is 13.4. The molecule has 0 radical (unpaired) electrons. The topological polar surface area (TPSA) is 66.4 Å². The van der Waals surface area contributed by atoms with E-state index in [4.69, 9.17) is 5.11 Å². The number of hydrogen-bond acceptors (Lipinski definition) is 4. The molecule has 1 amide bonds. The first-order valence-corrected chi connectivity index (χ1v) is 7.92. The molecule has 0 bridgehead atoms. The van der Waals surface area contributed by atoms with Gasteiger partial charge < -0.3 is 10.4 Å². The second-order valence-corrected chi connectivity index (χ2v) is 6.10. The third-order valence-electron chi connectivity index (χ3n) is 2.57. The summed E-state index contributed by atoms with van der Waals surface area (Å²) in [5.74, 6) is -1.26. The minimum Gasteiger partial charge on any atom is -0.478 e. The molecule has 2 rings (SSSR count). The number of carbonyl (C=O) groups excluding carboxylic acids is 1. The minimum absolute atomic E-state index is 0.0788. The van der Waals surface area contributed by atoms with Crippen molar-refractivity contribution >= 4 is 40.0 Å². The number of aromatic carboxylic acids is 1. The van der Waals surface area contributed by atoms with Crippen LogP contribution >= 0.6 is 23.1 Å². The largest absolute Gasteiger partial charge is 0.478 e. The lowest BCUT2D eigenvalue weighted by atomic mass is 10.3. The second kappa shape index (κ2) is 7.24. The molecule has 1 heterocycles. The minimum atomic E-state index is -1.08. The Morgan fingerprint density at radius 2 is 2.05 bits per heavy atom. The highest BCUT2D eigenvalue weighted by molar-refractivity contribution is 7.99. The molecule has 0 saturated carbocycles. The number of halogens is 1. The van der Waals surface area contributed by atoms with E-state index in [1.165, 1.54) is 23.9 Å². The molecule has 0 aliphatic carbocycles. The first-order valence-electron chi connectivity index (χ1n) is 6.06. The van der Waals surface area contributed by atoms with E-state index in [9.17, 15) is 14.0 Å². The van der Waals surface area contributed by atoms with Gasteiger partial charge in [-0.15, -0.1) is 23.1 Å². The van der Waals surface area contributed by atoms with E-state index in [1.807, 2.05) is 0 Å². The Kier molecular flexibility index (Phi) is 5.35. The van der Waals surface area contributed by atoms with Gasteiger partial charge >= 0.3 is 5.97 Å². The molecule has 0 fully saturated rings. The van der Waals surface area contributed by atoms with Crippen LogP contribution in [0.15, 0.2) is 40.6 Å². The summed E-state index contributed by atoms with van der Waals surface area (Å²) in [6.07, 6.45) is 0.177. The van der Waals surface area contributed by atoms with Crippen LogP contribution in [0.1, 0.15) is 16.8 Å². The Morgan fingerprint density at radius 3 is 2.76 bits per heavy atom. The number of benzene rings is 1. The molecule has 7 heteroatoms. The molecule has 0 atom stereocenters. The Labute approximate surface area is 129 Å². The fourth-order valence-electron chi connectivity index (χ4n) is 1.58. The highest BCUT2D eigenvalue weighted by Crippen LogP contribution is 2.24. The average Bonchev–Trinajstić information content (AvgIpc) is 2.89. The molecule has 0 unspecified atom stereocenters. The summed E-state index contributed by atoms with van der Waals surface area (Å²) in [5, 5.41) is 13.4. The van der Waals surface area contributed by atoms with Crippen molar-refractivity contribution in [2.24, 2.45) is 0 Å². The van der Waals surface area contributed by atoms with E-state index in [1.54, 1.807) is 23.6 Å². The van der Waals surface area contributed by atoms with Crippen LogP contribution in [0.3, 0.4) is 0 Å². The molecule has 110 valence electrons. The van der Waals surface area contributed by atoms with Gasteiger partial charge in [-0.3, -0.25) is 4.79 Å². The molecule has 0 spiro atoms. The summed E-state index contributed by atoms with van der Waals surface area (Å²) >= 11 is 2.41. The molecule has 0 saturated heterocycles. The Morgan fingerprint density at radius 1 is 1.29 bits per heavy atom. The molecule has 1 aromatic heterocycles. The molecular formula is C14H12FNO3S2. The lowest BCUT2D eigenvalue weighted by Crippen LogP contribution is -2.13. The number of carboxylic acid groups (broad SMARTS) is 1. The fourth-order valence-corrected chi connectivity index (χ4v) is 3.26. The van der Waals surface area contributed by atoms with Gasteiger partial charge in [-0.1, -0.05) is 12.1 Å². The zero-order valence-corrected chi connectivity index (χ0v) is 12.5. The number of anilines is 1. The zero-order chi connectivity index (χ0) is 15.2. The van der Waals surface area contributed by atoms with Crippen LogP contribution in [0.4, 0.5) is 9.39 Å². The summed E-state index contributed by atoms with van der Waals surface area (Å²) in [5.41, 5.74) is 0.0788. The monoisotopic (exact) mass is 325 g/mol. The lowest BCUT2D eigenvalue weighted by molar-refractivity contribution is -0.115. The van der Waals surface area contributed by atoms with Crippen LogP contribution in [-0.2, 0) is 4.79 Å². The smallest absolute Gasteiger partial charge is 0.338 e. The van der Waals surface area contributed by atoms with E-state index in [0.29, 0.717) is 15.6 Å². The van der Waals surface area contributed by atoms with Gasteiger partial charge in [0.15, 0.2) is 0 Å². The molecule has 4 nitrogen and oxygen atoms in total. The van der Waals surface area contributed by atoms with Crippen molar-refractivity contribution in [1.29, 1.82) is 0 Å². The van der Waals surface area contributed by atoms with Gasteiger partial charge in [0, 0.05) is 17.1 Å². The Balaban J connectivity index is 1.84. The van der Waals surface area contributed by atoms with Crippen molar-refractivity contribution in [3.8, 4) is 0 Å².